The van der Waals surface area contributed by atoms with Crippen molar-refractivity contribution < 1.29 is 4.79 Å². The average Bonchev–Trinajstić information content (AvgIpc) is 3.21. The van der Waals surface area contributed by atoms with Crippen LogP contribution in [0.5, 0.6) is 0 Å². The van der Waals surface area contributed by atoms with E-state index in [0.29, 0.717) is 5.92 Å². The molecule has 0 bridgehead atoms. The Hall–Kier alpha value is -2.08. The number of hydrogen-bond donors (Lipinski definition) is 0. The van der Waals surface area contributed by atoms with Gasteiger partial charge in [0.2, 0.25) is 0 Å². The van der Waals surface area contributed by atoms with Crippen LogP contribution in [0.25, 0.3) is 0 Å². The number of likely N-dealkylation sites (N-methyl/N-ethyl adjacent to an activating group) is 1. The number of aromatic nitrogens is 3. The van der Waals surface area contributed by atoms with Crippen molar-refractivity contribution in [3.63, 3.8) is 0 Å². The van der Waals surface area contributed by atoms with Gasteiger partial charge in [0.25, 0.3) is 5.91 Å². The Morgan fingerprint density at radius 1 is 1.38 bits per heavy atom. The standard InChI is InChI=1S/C18H27N5O/c1-20(2)12-13-22-11-8-19-17(22)15-6-4-10-23(14-15)18(24)16-7-5-9-21(16)3/h5,7-9,11,15H,4,6,10,12-14H2,1-3H3/t15-/m1/s1. The van der Waals surface area contributed by atoms with Crippen molar-refractivity contribution in [2.24, 2.45) is 7.05 Å². The van der Waals surface area contributed by atoms with Gasteiger partial charge in [-0.25, -0.2) is 4.98 Å². The fourth-order valence-corrected chi connectivity index (χ4v) is 3.40. The summed E-state index contributed by atoms with van der Waals surface area (Å²) in [5, 5.41) is 0. The molecule has 0 spiro atoms. The molecular weight excluding hydrogens is 302 g/mol. The zero-order chi connectivity index (χ0) is 17.1. The molecule has 1 aliphatic rings. The molecule has 0 unspecified atom stereocenters. The summed E-state index contributed by atoms with van der Waals surface area (Å²) in [7, 11) is 6.08. The number of rotatable bonds is 5. The summed E-state index contributed by atoms with van der Waals surface area (Å²) >= 11 is 0. The first kappa shape index (κ1) is 16.8. The molecule has 0 radical (unpaired) electrons. The van der Waals surface area contributed by atoms with Crippen LogP contribution in [0, 0.1) is 0 Å². The maximum Gasteiger partial charge on any atom is 0.270 e. The second-order valence-electron chi connectivity index (χ2n) is 6.88. The fourth-order valence-electron chi connectivity index (χ4n) is 3.40. The first-order chi connectivity index (χ1) is 11.6. The number of hydrogen-bond acceptors (Lipinski definition) is 3. The van der Waals surface area contributed by atoms with Crippen molar-refractivity contribution >= 4 is 5.91 Å². The van der Waals surface area contributed by atoms with E-state index in [1.165, 1.54) is 0 Å². The highest BCUT2D eigenvalue weighted by molar-refractivity contribution is 5.92. The molecule has 1 aliphatic heterocycles. The van der Waals surface area contributed by atoms with Crippen molar-refractivity contribution in [2.45, 2.75) is 25.3 Å². The van der Waals surface area contributed by atoms with E-state index in [0.717, 1.165) is 50.5 Å². The zero-order valence-electron chi connectivity index (χ0n) is 14.9. The minimum Gasteiger partial charge on any atom is -0.347 e. The van der Waals surface area contributed by atoms with Crippen molar-refractivity contribution in [3.05, 3.63) is 42.2 Å². The minimum atomic E-state index is 0.124. The van der Waals surface area contributed by atoms with E-state index in [9.17, 15) is 4.79 Å². The first-order valence-corrected chi connectivity index (χ1v) is 8.62. The maximum absolute atomic E-state index is 12.8. The number of carbonyl (C=O) groups excluding carboxylic acids is 1. The molecule has 3 heterocycles. The topological polar surface area (TPSA) is 46.3 Å². The van der Waals surface area contributed by atoms with Crippen molar-refractivity contribution in [1.82, 2.24) is 23.9 Å². The van der Waals surface area contributed by atoms with Gasteiger partial charge in [0.1, 0.15) is 11.5 Å². The molecule has 1 amide bonds. The number of imidazole rings is 1. The second-order valence-corrected chi connectivity index (χ2v) is 6.88. The number of aryl methyl sites for hydroxylation is 1. The van der Waals surface area contributed by atoms with Gasteiger partial charge in [-0.2, -0.15) is 0 Å². The van der Waals surface area contributed by atoms with E-state index in [4.69, 9.17) is 0 Å². The summed E-state index contributed by atoms with van der Waals surface area (Å²) in [6.45, 7) is 3.51. The van der Waals surface area contributed by atoms with Gasteiger partial charge < -0.3 is 18.9 Å². The third kappa shape index (κ3) is 3.53. The zero-order valence-corrected chi connectivity index (χ0v) is 14.9. The molecule has 0 aromatic carbocycles. The number of nitrogens with zero attached hydrogens (tertiary/aromatic N) is 5. The Labute approximate surface area is 143 Å². The normalized spacial score (nSPS) is 18.3. The van der Waals surface area contributed by atoms with Gasteiger partial charge in [-0.05, 0) is 39.1 Å². The molecule has 24 heavy (non-hydrogen) atoms. The van der Waals surface area contributed by atoms with Crippen LogP contribution in [0.1, 0.15) is 35.1 Å². The molecule has 3 rings (SSSR count). The third-order valence-corrected chi connectivity index (χ3v) is 4.77. The molecule has 130 valence electrons. The molecule has 1 atom stereocenters. The third-order valence-electron chi connectivity index (χ3n) is 4.77. The van der Waals surface area contributed by atoms with Crippen LogP contribution in [0.15, 0.2) is 30.7 Å². The predicted octanol–water partition coefficient (Wildman–Crippen LogP) is 1.80. The van der Waals surface area contributed by atoms with Crippen LogP contribution in [0.4, 0.5) is 0 Å². The molecule has 0 aliphatic carbocycles. The van der Waals surface area contributed by atoms with Crippen molar-refractivity contribution in [1.29, 1.82) is 0 Å². The number of likely N-dealkylation sites (tertiary alicyclic amines) is 1. The molecular formula is C18H27N5O. The Bertz CT molecular complexity index is 687. The lowest BCUT2D eigenvalue weighted by Crippen LogP contribution is -2.40. The Morgan fingerprint density at radius 3 is 2.92 bits per heavy atom. The highest BCUT2D eigenvalue weighted by atomic mass is 16.2. The molecule has 1 saturated heterocycles. The van der Waals surface area contributed by atoms with E-state index >= 15 is 0 Å². The van der Waals surface area contributed by atoms with Gasteiger partial charge in [-0.3, -0.25) is 4.79 Å². The predicted molar refractivity (Wildman–Crippen MR) is 94.1 cm³/mol. The summed E-state index contributed by atoms with van der Waals surface area (Å²) in [5.41, 5.74) is 0.756. The van der Waals surface area contributed by atoms with Gasteiger partial charge in [-0.15, -0.1) is 0 Å². The van der Waals surface area contributed by atoms with E-state index in [1.807, 2.05) is 41.0 Å². The second kappa shape index (κ2) is 7.21. The Kier molecular flexibility index (Phi) is 5.04. The van der Waals surface area contributed by atoms with Crippen LogP contribution in [0.2, 0.25) is 0 Å². The van der Waals surface area contributed by atoms with Crippen molar-refractivity contribution in [3.8, 4) is 0 Å². The summed E-state index contributed by atoms with van der Waals surface area (Å²) in [6.07, 6.45) is 7.97. The monoisotopic (exact) mass is 329 g/mol. The SMILES string of the molecule is CN(C)CCn1ccnc1[C@@H]1CCCN(C(=O)c2cccn2C)C1. The Morgan fingerprint density at radius 2 is 2.21 bits per heavy atom. The smallest absolute Gasteiger partial charge is 0.270 e. The van der Waals surface area contributed by atoms with E-state index < -0.39 is 0 Å². The summed E-state index contributed by atoms with van der Waals surface area (Å²) in [4.78, 5) is 21.5. The molecule has 2 aromatic rings. The molecule has 6 nitrogen and oxygen atoms in total. The van der Waals surface area contributed by atoms with Crippen LogP contribution in [-0.4, -0.2) is 63.6 Å². The van der Waals surface area contributed by atoms with Gasteiger partial charge >= 0.3 is 0 Å². The summed E-state index contributed by atoms with van der Waals surface area (Å²) in [6, 6.07) is 3.81. The Balaban J connectivity index is 1.71. The quantitative estimate of drug-likeness (QED) is 0.840. The lowest BCUT2D eigenvalue weighted by Gasteiger charge is -2.33. The van der Waals surface area contributed by atoms with Gasteiger partial charge in [0, 0.05) is 57.7 Å². The highest BCUT2D eigenvalue weighted by Crippen LogP contribution is 2.26. The lowest BCUT2D eigenvalue weighted by atomic mass is 9.96. The number of carbonyl (C=O) groups is 1. The van der Waals surface area contributed by atoms with Crippen LogP contribution in [0.3, 0.4) is 0 Å². The van der Waals surface area contributed by atoms with Crippen molar-refractivity contribution in [2.75, 3.05) is 33.7 Å². The summed E-state index contributed by atoms with van der Waals surface area (Å²) in [5.74, 6) is 1.56. The van der Waals surface area contributed by atoms with E-state index in [2.05, 4.69) is 34.7 Å². The largest absolute Gasteiger partial charge is 0.347 e. The maximum atomic E-state index is 12.8. The van der Waals surface area contributed by atoms with E-state index in [-0.39, 0.29) is 5.91 Å². The average molecular weight is 329 g/mol. The van der Waals surface area contributed by atoms with E-state index in [1.54, 1.807) is 0 Å². The molecule has 6 heteroatoms. The van der Waals surface area contributed by atoms with Crippen LogP contribution in [-0.2, 0) is 13.6 Å². The lowest BCUT2D eigenvalue weighted by molar-refractivity contribution is 0.0693. The molecule has 0 saturated carbocycles. The van der Waals surface area contributed by atoms with Gasteiger partial charge in [-0.1, -0.05) is 0 Å². The van der Waals surface area contributed by atoms with Crippen LogP contribution >= 0.6 is 0 Å². The number of amides is 1. The molecule has 0 N–H and O–H groups in total. The van der Waals surface area contributed by atoms with Gasteiger partial charge in [0.05, 0.1) is 0 Å². The molecule has 1 fully saturated rings. The number of piperidine rings is 1. The highest BCUT2D eigenvalue weighted by Gasteiger charge is 2.28. The first-order valence-electron chi connectivity index (χ1n) is 8.62. The molecule has 2 aromatic heterocycles. The fraction of sp³-hybridized carbons (Fsp3) is 0.556. The summed E-state index contributed by atoms with van der Waals surface area (Å²) < 4.78 is 4.13. The minimum absolute atomic E-state index is 0.124. The van der Waals surface area contributed by atoms with Crippen LogP contribution < -0.4 is 0 Å². The van der Waals surface area contributed by atoms with Gasteiger partial charge in [0.15, 0.2) is 0 Å².